The topological polar surface area (TPSA) is 129 Å². The predicted octanol–water partition coefficient (Wildman–Crippen LogP) is -0.812. The lowest BCUT2D eigenvalue weighted by atomic mass is 10.3. The zero-order chi connectivity index (χ0) is 22.0. The van der Waals surface area contributed by atoms with Crippen LogP contribution in [0.25, 0.3) is 11.2 Å². The Morgan fingerprint density at radius 2 is 1.83 bits per heavy atom. The number of imidazole rings is 1. The number of carbonyl (C=O) groups is 2. The van der Waals surface area contributed by atoms with Crippen LogP contribution < -0.4 is 26.8 Å². The van der Waals surface area contributed by atoms with Crippen molar-refractivity contribution in [1.29, 1.82) is 0 Å². The smallest absolute Gasteiger partial charge is 0.332 e. The molecule has 0 bridgehead atoms. The van der Waals surface area contributed by atoms with Gasteiger partial charge in [-0.05, 0) is 31.2 Å². The first-order chi connectivity index (χ1) is 14.2. The lowest BCUT2D eigenvalue weighted by Crippen LogP contribution is -2.50. The second-order valence-electron chi connectivity index (χ2n) is 6.51. The Bertz CT molecular complexity index is 1230. The molecule has 2 heterocycles. The van der Waals surface area contributed by atoms with Gasteiger partial charge in [0.25, 0.3) is 17.4 Å². The van der Waals surface area contributed by atoms with E-state index in [1.54, 1.807) is 7.05 Å². The number of amides is 2. The zero-order valence-electron chi connectivity index (χ0n) is 16.4. The van der Waals surface area contributed by atoms with E-state index < -0.39 is 41.5 Å². The van der Waals surface area contributed by atoms with Crippen LogP contribution in [0.2, 0.25) is 0 Å². The van der Waals surface area contributed by atoms with Crippen molar-refractivity contribution in [2.24, 2.45) is 14.1 Å². The molecule has 0 saturated carbocycles. The molecule has 0 radical (unpaired) electrons. The van der Waals surface area contributed by atoms with E-state index in [-0.39, 0.29) is 16.9 Å². The van der Waals surface area contributed by atoms with Gasteiger partial charge in [0.05, 0.1) is 6.33 Å². The number of ether oxygens (including phenoxy) is 1. The Labute approximate surface area is 168 Å². The van der Waals surface area contributed by atoms with Gasteiger partial charge in [-0.15, -0.1) is 0 Å². The molecule has 3 aromatic rings. The number of benzene rings is 1. The molecule has 0 aliphatic heterocycles. The summed E-state index contributed by atoms with van der Waals surface area (Å²) in [6.45, 7) is 0.821. The summed E-state index contributed by atoms with van der Waals surface area (Å²) in [5.41, 5.74) is 3.24. The number of halogens is 1. The molecule has 0 fully saturated rings. The van der Waals surface area contributed by atoms with Gasteiger partial charge in [-0.2, -0.15) is 0 Å². The summed E-state index contributed by atoms with van der Waals surface area (Å²) >= 11 is 0. The molecule has 0 spiro atoms. The van der Waals surface area contributed by atoms with Crippen molar-refractivity contribution in [3.63, 3.8) is 0 Å². The first kappa shape index (κ1) is 20.8. The van der Waals surface area contributed by atoms with Gasteiger partial charge in [0, 0.05) is 14.1 Å². The number of fused-ring (bicyclic) bond motifs is 1. The van der Waals surface area contributed by atoms with Crippen molar-refractivity contribution < 1.29 is 18.7 Å². The number of nitrogens with one attached hydrogen (secondary N) is 2. The number of carbonyl (C=O) groups excluding carboxylic acids is 2. The van der Waals surface area contributed by atoms with Crippen molar-refractivity contribution in [2.45, 2.75) is 19.6 Å². The highest BCUT2D eigenvalue weighted by Crippen LogP contribution is 2.12. The molecule has 0 aliphatic rings. The first-order valence-electron chi connectivity index (χ1n) is 8.80. The summed E-state index contributed by atoms with van der Waals surface area (Å²) in [5, 5.41) is 0. The fourth-order valence-electron chi connectivity index (χ4n) is 2.72. The summed E-state index contributed by atoms with van der Waals surface area (Å²) in [5.74, 6) is -1.66. The second-order valence-corrected chi connectivity index (χ2v) is 6.51. The average molecular weight is 418 g/mol. The third-order valence-corrected chi connectivity index (χ3v) is 4.32. The molecule has 2 N–H and O–H groups in total. The summed E-state index contributed by atoms with van der Waals surface area (Å²) in [7, 11) is 3.02. The van der Waals surface area contributed by atoms with Gasteiger partial charge in [-0.25, -0.2) is 18.7 Å². The van der Waals surface area contributed by atoms with Gasteiger partial charge in [-0.3, -0.25) is 29.8 Å². The van der Waals surface area contributed by atoms with E-state index in [2.05, 4.69) is 15.8 Å². The summed E-state index contributed by atoms with van der Waals surface area (Å²) < 4.78 is 21.6. The Morgan fingerprint density at radius 3 is 2.50 bits per heavy atom. The van der Waals surface area contributed by atoms with Crippen LogP contribution in [-0.4, -0.2) is 36.6 Å². The summed E-state index contributed by atoms with van der Waals surface area (Å²) in [6.07, 6.45) is 0.385. The fraction of sp³-hybridized carbons (Fsp3) is 0.278. The maximum Gasteiger partial charge on any atom is 0.332 e. The minimum atomic E-state index is -1.00. The summed E-state index contributed by atoms with van der Waals surface area (Å²) in [4.78, 5) is 53.2. The minimum Gasteiger partial charge on any atom is -0.481 e. The second kappa shape index (κ2) is 8.19. The molecule has 1 atom stereocenters. The number of aryl methyl sites for hydroxylation is 2. The highest BCUT2D eigenvalue weighted by Gasteiger charge is 2.19. The average Bonchev–Trinajstić information content (AvgIpc) is 3.11. The molecule has 30 heavy (non-hydrogen) atoms. The number of aromatic nitrogens is 4. The normalized spacial score (nSPS) is 11.9. The molecule has 11 nitrogen and oxygen atoms in total. The minimum absolute atomic E-state index is 0.162. The SMILES string of the molecule is C[C@H](Oc1ccc(F)cc1)C(=O)NNC(=O)Cn1c(=O)c2c(ncn2C)n(C)c1=O. The van der Waals surface area contributed by atoms with Crippen LogP contribution in [0.1, 0.15) is 6.92 Å². The number of rotatable bonds is 5. The first-order valence-corrected chi connectivity index (χ1v) is 8.80. The Morgan fingerprint density at radius 1 is 1.17 bits per heavy atom. The van der Waals surface area contributed by atoms with Gasteiger partial charge in [0.2, 0.25) is 0 Å². The molecule has 3 rings (SSSR count). The Hall–Kier alpha value is -3.96. The molecule has 2 amide bonds. The Balaban J connectivity index is 1.65. The highest BCUT2D eigenvalue weighted by atomic mass is 19.1. The van der Waals surface area contributed by atoms with Gasteiger partial charge in [-0.1, -0.05) is 0 Å². The van der Waals surface area contributed by atoms with Gasteiger partial charge >= 0.3 is 5.69 Å². The van der Waals surface area contributed by atoms with Crippen LogP contribution in [0.5, 0.6) is 5.75 Å². The molecule has 0 saturated heterocycles. The fourth-order valence-corrected chi connectivity index (χ4v) is 2.72. The van der Waals surface area contributed by atoms with Crippen molar-refractivity contribution >= 4 is 23.0 Å². The van der Waals surface area contributed by atoms with E-state index in [0.29, 0.717) is 0 Å². The van der Waals surface area contributed by atoms with Crippen molar-refractivity contribution in [1.82, 2.24) is 29.5 Å². The lowest BCUT2D eigenvalue weighted by molar-refractivity contribution is -0.133. The molecule has 1 aromatic carbocycles. The zero-order valence-corrected chi connectivity index (χ0v) is 16.4. The van der Waals surface area contributed by atoms with Crippen LogP contribution in [0, 0.1) is 5.82 Å². The molecule has 12 heteroatoms. The molecule has 0 unspecified atom stereocenters. The predicted molar refractivity (Wildman–Crippen MR) is 103 cm³/mol. The van der Waals surface area contributed by atoms with Gasteiger partial charge in [0.15, 0.2) is 17.3 Å². The lowest BCUT2D eigenvalue weighted by Gasteiger charge is -2.15. The number of hydrazine groups is 1. The van der Waals surface area contributed by atoms with Crippen LogP contribution in [-0.2, 0) is 30.2 Å². The number of nitrogens with zero attached hydrogens (tertiary/aromatic N) is 4. The van der Waals surface area contributed by atoms with Crippen molar-refractivity contribution in [3.8, 4) is 5.75 Å². The largest absolute Gasteiger partial charge is 0.481 e. The van der Waals surface area contributed by atoms with E-state index in [1.165, 1.54) is 49.1 Å². The Kier molecular flexibility index (Phi) is 5.67. The van der Waals surface area contributed by atoms with E-state index in [9.17, 15) is 23.6 Å². The number of hydrogen-bond donors (Lipinski definition) is 2. The third-order valence-electron chi connectivity index (χ3n) is 4.32. The van der Waals surface area contributed by atoms with Crippen molar-refractivity contribution in [3.05, 3.63) is 57.2 Å². The maximum atomic E-state index is 12.9. The number of hydrogen-bond acceptors (Lipinski definition) is 6. The molecule has 158 valence electrons. The highest BCUT2D eigenvalue weighted by molar-refractivity contribution is 5.84. The molecule has 0 aliphatic carbocycles. The van der Waals surface area contributed by atoms with E-state index in [1.807, 2.05) is 0 Å². The molecular formula is C18H19FN6O5. The van der Waals surface area contributed by atoms with Crippen LogP contribution in [0.3, 0.4) is 0 Å². The third kappa shape index (κ3) is 4.06. The van der Waals surface area contributed by atoms with E-state index in [4.69, 9.17) is 4.74 Å². The van der Waals surface area contributed by atoms with Gasteiger partial charge in [0.1, 0.15) is 18.1 Å². The standard InChI is InChI=1S/C18H19FN6O5/c1-10(30-12-6-4-11(19)5-7-12)16(27)22-21-13(26)8-25-17(28)14-15(20-9-23(14)2)24(3)18(25)29/h4-7,9-10H,8H2,1-3H3,(H,21,26)(H,22,27)/t10-/m0/s1. The van der Waals surface area contributed by atoms with Crippen molar-refractivity contribution in [2.75, 3.05) is 0 Å². The molecule has 2 aromatic heterocycles. The monoisotopic (exact) mass is 418 g/mol. The maximum absolute atomic E-state index is 12.9. The summed E-state index contributed by atoms with van der Waals surface area (Å²) in [6, 6.07) is 5.07. The van der Waals surface area contributed by atoms with Crippen LogP contribution in [0.4, 0.5) is 4.39 Å². The van der Waals surface area contributed by atoms with E-state index in [0.717, 1.165) is 9.13 Å². The van der Waals surface area contributed by atoms with E-state index >= 15 is 0 Å². The van der Waals surface area contributed by atoms with Crippen LogP contribution in [0.15, 0.2) is 40.2 Å². The molecular weight excluding hydrogens is 399 g/mol. The van der Waals surface area contributed by atoms with Gasteiger partial charge < -0.3 is 9.30 Å². The van der Waals surface area contributed by atoms with Crippen LogP contribution >= 0.6 is 0 Å². The quantitative estimate of drug-likeness (QED) is 0.522.